The molecule has 0 aromatic heterocycles. The SMILES string of the molecule is CC1(C)c2ccccc2-c2ccc(N(C3=CC=C(c4ccc5c(c4)C4(c6ccccc6-5)c5ccccc5C(c5ccccc5)(c5ccccc5)c5ccccc54)C=CC3)c3ccccc3)cc21. The van der Waals surface area contributed by atoms with Crippen LogP contribution in [0, 0.1) is 0 Å². The number of allylic oxidation sites excluding steroid dienone is 5. The summed E-state index contributed by atoms with van der Waals surface area (Å²) in [6.45, 7) is 4.73. The van der Waals surface area contributed by atoms with E-state index in [-0.39, 0.29) is 5.41 Å². The van der Waals surface area contributed by atoms with Crippen LogP contribution in [0.2, 0.25) is 0 Å². The summed E-state index contributed by atoms with van der Waals surface area (Å²) >= 11 is 0. The Morgan fingerprint density at radius 1 is 0.358 bits per heavy atom. The average molecular weight is 856 g/mol. The van der Waals surface area contributed by atoms with E-state index >= 15 is 0 Å². The molecule has 0 N–H and O–H groups in total. The highest BCUT2D eigenvalue weighted by atomic mass is 15.1. The molecule has 9 aromatic rings. The van der Waals surface area contributed by atoms with Crippen molar-refractivity contribution in [1.29, 1.82) is 0 Å². The molecular formula is C66H49N. The molecule has 1 nitrogen and oxygen atoms in total. The van der Waals surface area contributed by atoms with Crippen LogP contribution in [0.25, 0.3) is 27.8 Å². The van der Waals surface area contributed by atoms with Gasteiger partial charge in [-0.1, -0.05) is 226 Å². The maximum atomic E-state index is 2.52. The lowest BCUT2D eigenvalue weighted by Gasteiger charge is -2.50. The zero-order valence-corrected chi connectivity index (χ0v) is 37.8. The first-order chi connectivity index (χ1) is 33.0. The number of anilines is 2. The normalized spacial score (nSPS) is 16.0. The molecule has 0 saturated carbocycles. The largest absolute Gasteiger partial charge is 0.314 e. The highest BCUT2D eigenvalue weighted by molar-refractivity contribution is 5.92. The van der Waals surface area contributed by atoms with Crippen molar-refractivity contribution in [3.63, 3.8) is 0 Å². The first-order valence-electron chi connectivity index (χ1n) is 23.7. The minimum atomic E-state index is -0.552. The van der Waals surface area contributed by atoms with Gasteiger partial charge >= 0.3 is 0 Å². The standard InChI is InChI=1S/C66H49N/c1-64(2)56-31-14-12-29-52(56)54-42-40-51(44-62(54)64)67(49-26-10-5-11-27-49)50-28-20-21-45(37-39-50)46-38-41-55-53-30-13-15-32-57(53)66(63(55)43-46)60-35-18-16-33-58(60)65(47-22-6-3-7-23-47,48-24-8-4-9-25-48)59-34-17-19-36-61(59)66/h3-27,29-44H,28H2,1-2H3. The van der Waals surface area contributed by atoms with Crippen molar-refractivity contribution in [1.82, 2.24) is 0 Å². The molecule has 0 unspecified atom stereocenters. The van der Waals surface area contributed by atoms with Gasteiger partial charge < -0.3 is 4.90 Å². The third kappa shape index (κ3) is 5.55. The Bertz CT molecular complexity index is 3420. The third-order valence-corrected chi connectivity index (χ3v) is 15.5. The minimum absolute atomic E-state index is 0.0936. The zero-order chi connectivity index (χ0) is 44.7. The quantitative estimate of drug-likeness (QED) is 0.161. The molecule has 0 fully saturated rings. The molecule has 13 rings (SSSR count). The van der Waals surface area contributed by atoms with E-state index in [1.54, 1.807) is 0 Å². The Kier molecular flexibility index (Phi) is 8.83. The average Bonchev–Trinajstić information content (AvgIpc) is 3.64. The van der Waals surface area contributed by atoms with Crippen LogP contribution in [0.3, 0.4) is 0 Å². The fraction of sp³-hybridized carbons (Fsp3) is 0.0909. The molecule has 1 spiro atoms. The maximum Gasteiger partial charge on any atom is 0.0720 e. The second-order valence-corrected chi connectivity index (χ2v) is 19.1. The van der Waals surface area contributed by atoms with Gasteiger partial charge in [0.05, 0.1) is 10.8 Å². The molecule has 318 valence electrons. The lowest BCUT2D eigenvalue weighted by molar-refractivity contribution is 0.623. The van der Waals surface area contributed by atoms with E-state index in [0.717, 1.165) is 12.1 Å². The summed E-state index contributed by atoms with van der Waals surface area (Å²) in [4.78, 5) is 2.46. The smallest absolute Gasteiger partial charge is 0.0720 e. The Morgan fingerprint density at radius 2 is 0.836 bits per heavy atom. The highest BCUT2D eigenvalue weighted by Gasteiger charge is 2.56. The summed E-state index contributed by atoms with van der Waals surface area (Å²) in [6, 6.07) is 84.2. The summed E-state index contributed by atoms with van der Waals surface area (Å²) < 4.78 is 0. The van der Waals surface area contributed by atoms with Crippen LogP contribution in [0.5, 0.6) is 0 Å². The van der Waals surface area contributed by atoms with Gasteiger partial charge in [-0.15, -0.1) is 0 Å². The molecule has 1 heteroatoms. The van der Waals surface area contributed by atoms with E-state index in [2.05, 4.69) is 268 Å². The molecule has 0 atom stereocenters. The minimum Gasteiger partial charge on any atom is -0.314 e. The second-order valence-electron chi connectivity index (χ2n) is 19.1. The summed E-state index contributed by atoms with van der Waals surface area (Å²) in [5.41, 5.74) is 23.3. The molecule has 0 amide bonds. The van der Waals surface area contributed by atoms with Gasteiger partial charge in [-0.2, -0.15) is 0 Å². The van der Waals surface area contributed by atoms with Gasteiger partial charge in [0, 0.05) is 28.9 Å². The van der Waals surface area contributed by atoms with E-state index in [1.807, 2.05) is 0 Å². The first kappa shape index (κ1) is 39.4. The van der Waals surface area contributed by atoms with Gasteiger partial charge in [0.15, 0.2) is 0 Å². The van der Waals surface area contributed by atoms with Crippen LogP contribution in [-0.4, -0.2) is 0 Å². The first-order valence-corrected chi connectivity index (χ1v) is 23.7. The molecular weight excluding hydrogens is 807 g/mol. The molecule has 4 aliphatic rings. The summed E-state index contributed by atoms with van der Waals surface area (Å²) in [5.74, 6) is 0. The second kappa shape index (κ2) is 15.0. The van der Waals surface area contributed by atoms with Crippen LogP contribution in [0.4, 0.5) is 11.4 Å². The molecule has 9 aromatic carbocycles. The fourth-order valence-corrected chi connectivity index (χ4v) is 12.6. The number of rotatable bonds is 6. The molecule has 0 radical (unpaired) electrons. The molecule has 0 bridgehead atoms. The van der Waals surface area contributed by atoms with Crippen molar-refractivity contribution in [2.75, 3.05) is 4.90 Å². The van der Waals surface area contributed by atoms with Crippen molar-refractivity contribution in [3.8, 4) is 22.3 Å². The van der Waals surface area contributed by atoms with Crippen LogP contribution in [0.15, 0.2) is 254 Å². The Labute approximate surface area is 394 Å². The number of hydrogen-bond acceptors (Lipinski definition) is 1. The van der Waals surface area contributed by atoms with E-state index in [0.29, 0.717) is 0 Å². The molecule has 0 saturated heterocycles. The van der Waals surface area contributed by atoms with Crippen LogP contribution < -0.4 is 4.90 Å². The third-order valence-electron chi connectivity index (χ3n) is 15.5. The van der Waals surface area contributed by atoms with Gasteiger partial charge in [0.25, 0.3) is 0 Å². The number of nitrogens with zero attached hydrogens (tertiary/aromatic N) is 1. The van der Waals surface area contributed by atoms with Crippen molar-refractivity contribution in [3.05, 3.63) is 316 Å². The van der Waals surface area contributed by atoms with E-state index < -0.39 is 10.8 Å². The van der Waals surface area contributed by atoms with Crippen LogP contribution in [-0.2, 0) is 16.2 Å². The molecule has 0 aliphatic heterocycles. The van der Waals surface area contributed by atoms with Gasteiger partial charge in [-0.05, 0) is 125 Å². The van der Waals surface area contributed by atoms with Crippen LogP contribution >= 0.6 is 0 Å². The van der Waals surface area contributed by atoms with Crippen molar-refractivity contribution in [2.24, 2.45) is 0 Å². The van der Waals surface area contributed by atoms with Crippen molar-refractivity contribution in [2.45, 2.75) is 36.5 Å². The number of benzene rings is 9. The van der Waals surface area contributed by atoms with Crippen LogP contribution in [0.1, 0.15) is 81.5 Å². The monoisotopic (exact) mass is 855 g/mol. The van der Waals surface area contributed by atoms with E-state index in [9.17, 15) is 0 Å². The Morgan fingerprint density at radius 3 is 1.46 bits per heavy atom. The summed E-state index contributed by atoms with van der Waals surface area (Å²) in [6.07, 6.45) is 10.2. The van der Waals surface area contributed by atoms with Gasteiger partial charge in [0.2, 0.25) is 0 Å². The predicted octanol–water partition coefficient (Wildman–Crippen LogP) is 16.1. The van der Waals surface area contributed by atoms with Gasteiger partial charge in [-0.3, -0.25) is 0 Å². The molecule has 4 aliphatic carbocycles. The zero-order valence-electron chi connectivity index (χ0n) is 37.8. The fourth-order valence-electron chi connectivity index (χ4n) is 12.6. The Balaban J connectivity index is 0.990. The van der Waals surface area contributed by atoms with E-state index in [4.69, 9.17) is 0 Å². The van der Waals surface area contributed by atoms with Crippen molar-refractivity contribution >= 4 is 16.9 Å². The number of fused-ring (bicyclic) bond motifs is 12. The summed E-state index contributed by atoms with van der Waals surface area (Å²) in [5, 5.41) is 0. The number of hydrogen-bond donors (Lipinski definition) is 0. The van der Waals surface area contributed by atoms with E-state index in [1.165, 1.54) is 100 Å². The Hall–Kier alpha value is -8.00. The summed E-state index contributed by atoms with van der Waals surface area (Å²) in [7, 11) is 0. The maximum absolute atomic E-state index is 2.52. The van der Waals surface area contributed by atoms with Gasteiger partial charge in [-0.25, -0.2) is 0 Å². The van der Waals surface area contributed by atoms with Crippen molar-refractivity contribution < 1.29 is 0 Å². The highest BCUT2D eigenvalue weighted by Crippen LogP contribution is 2.64. The topological polar surface area (TPSA) is 3.24 Å². The lowest BCUT2D eigenvalue weighted by atomic mass is 9.51. The lowest BCUT2D eigenvalue weighted by Crippen LogP contribution is -2.44. The molecule has 67 heavy (non-hydrogen) atoms. The predicted molar refractivity (Wildman–Crippen MR) is 278 cm³/mol. The molecule has 0 heterocycles. The number of para-hydroxylation sites is 1. The van der Waals surface area contributed by atoms with Gasteiger partial charge in [0.1, 0.15) is 0 Å².